The first-order valence-corrected chi connectivity index (χ1v) is 6.78. The van der Waals surface area contributed by atoms with E-state index >= 15 is 0 Å². The fourth-order valence-corrected chi connectivity index (χ4v) is 2.94. The molecule has 0 fully saturated rings. The SMILES string of the molecule is CC(C)=CC=CC1=CC2=C(CCCC2)C1(C)C. The molecule has 0 N–H and O–H groups in total. The second-order valence-electron chi connectivity index (χ2n) is 6.04. The van der Waals surface area contributed by atoms with E-state index in [1.54, 1.807) is 11.1 Å². The number of allylic oxidation sites excluding steroid dienone is 8. The summed E-state index contributed by atoms with van der Waals surface area (Å²) in [6.07, 6.45) is 14.5. The van der Waals surface area contributed by atoms with Gasteiger partial charge >= 0.3 is 0 Å². The molecule has 0 aromatic heterocycles. The Morgan fingerprint density at radius 2 is 1.88 bits per heavy atom. The van der Waals surface area contributed by atoms with Crippen LogP contribution in [-0.4, -0.2) is 0 Å². The van der Waals surface area contributed by atoms with E-state index in [-0.39, 0.29) is 5.41 Å². The molecule has 2 aliphatic carbocycles. The molecule has 0 heteroatoms. The van der Waals surface area contributed by atoms with Crippen LogP contribution in [0.4, 0.5) is 0 Å². The molecular formula is C17H24. The van der Waals surface area contributed by atoms with Crippen molar-refractivity contribution in [2.75, 3.05) is 0 Å². The van der Waals surface area contributed by atoms with Crippen LogP contribution in [-0.2, 0) is 0 Å². The third kappa shape index (κ3) is 2.46. The van der Waals surface area contributed by atoms with Gasteiger partial charge in [-0.15, -0.1) is 0 Å². The summed E-state index contributed by atoms with van der Waals surface area (Å²) in [6, 6.07) is 0. The summed E-state index contributed by atoms with van der Waals surface area (Å²) in [5.41, 5.74) is 6.43. The molecule has 0 nitrogen and oxygen atoms in total. The van der Waals surface area contributed by atoms with E-state index < -0.39 is 0 Å². The van der Waals surface area contributed by atoms with Crippen molar-refractivity contribution < 1.29 is 0 Å². The first-order valence-electron chi connectivity index (χ1n) is 6.78. The van der Waals surface area contributed by atoms with Crippen LogP contribution in [0.15, 0.2) is 46.6 Å². The average Bonchev–Trinajstić information content (AvgIpc) is 2.51. The van der Waals surface area contributed by atoms with E-state index in [4.69, 9.17) is 0 Å². The number of hydrogen-bond donors (Lipinski definition) is 0. The van der Waals surface area contributed by atoms with Gasteiger partial charge in [-0.3, -0.25) is 0 Å². The van der Waals surface area contributed by atoms with E-state index in [1.165, 1.54) is 36.8 Å². The van der Waals surface area contributed by atoms with E-state index in [1.807, 2.05) is 0 Å². The average molecular weight is 228 g/mol. The zero-order valence-corrected chi connectivity index (χ0v) is 11.6. The van der Waals surface area contributed by atoms with Crippen molar-refractivity contribution in [2.24, 2.45) is 5.41 Å². The molecule has 0 aromatic carbocycles. The Bertz CT molecular complexity index is 421. The third-order valence-electron chi connectivity index (χ3n) is 4.02. The summed E-state index contributed by atoms with van der Waals surface area (Å²) in [5.74, 6) is 0. The molecule has 0 saturated heterocycles. The Morgan fingerprint density at radius 1 is 1.18 bits per heavy atom. The van der Waals surface area contributed by atoms with Crippen LogP contribution in [0.2, 0.25) is 0 Å². The summed E-state index contributed by atoms with van der Waals surface area (Å²) < 4.78 is 0. The summed E-state index contributed by atoms with van der Waals surface area (Å²) in [4.78, 5) is 0. The molecular weight excluding hydrogens is 204 g/mol. The molecule has 0 atom stereocenters. The summed E-state index contributed by atoms with van der Waals surface area (Å²) in [5, 5.41) is 0. The molecule has 2 aliphatic rings. The zero-order valence-electron chi connectivity index (χ0n) is 11.6. The minimum absolute atomic E-state index is 0.266. The first-order chi connectivity index (χ1) is 8.01. The van der Waals surface area contributed by atoms with Gasteiger partial charge in [0.25, 0.3) is 0 Å². The van der Waals surface area contributed by atoms with Crippen LogP contribution in [0.3, 0.4) is 0 Å². The molecule has 0 spiro atoms. The second kappa shape index (κ2) is 4.68. The maximum Gasteiger partial charge on any atom is 0.0111 e. The van der Waals surface area contributed by atoms with Crippen molar-refractivity contribution in [3.8, 4) is 0 Å². The van der Waals surface area contributed by atoms with Crippen molar-refractivity contribution in [3.05, 3.63) is 46.6 Å². The van der Waals surface area contributed by atoms with Crippen molar-refractivity contribution in [3.63, 3.8) is 0 Å². The Balaban J connectivity index is 2.22. The third-order valence-corrected chi connectivity index (χ3v) is 4.02. The van der Waals surface area contributed by atoms with Crippen molar-refractivity contribution in [2.45, 2.75) is 53.4 Å². The van der Waals surface area contributed by atoms with Crippen LogP contribution < -0.4 is 0 Å². The van der Waals surface area contributed by atoms with Gasteiger partial charge < -0.3 is 0 Å². The predicted octanol–water partition coefficient (Wildman–Crippen LogP) is 5.35. The molecule has 17 heavy (non-hydrogen) atoms. The fourth-order valence-electron chi connectivity index (χ4n) is 2.94. The zero-order chi connectivity index (χ0) is 12.5. The first kappa shape index (κ1) is 12.4. The molecule has 92 valence electrons. The number of hydrogen-bond acceptors (Lipinski definition) is 0. The highest BCUT2D eigenvalue weighted by Gasteiger charge is 2.34. The molecule has 0 saturated carbocycles. The van der Waals surface area contributed by atoms with Crippen LogP contribution in [0, 0.1) is 5.41 Å². The topological polar surface area (TPSA) is 0 Å². The minimum atomic E-state index is 0.266. The lowest BCUT2D eigenvalue weighted by Gasteiger charge is -2.28. The van der Waals surface area contributed by atoms with E-state index in [0.717, 1.165) is 0 Å². The Hall–Kier alpha value is -1.04. The minimum Gasteiger partial charge on any atom is -0.0764 e. The Kier molecular flexibility index (Phi) is 3.42. The van der Waals surface area contributed by atoms with Crippen molar-refractivity contribution in [1.29, 1.82) is 0 Å². The van der Waals surface area contributed by atoms with Gasteiger partial charge in [-0.05, 0) is 50.7 Å². The summed E-state index contributed by atoms with van der Waals surface area (Å²) >= 11 is 0. The maximum atomic E-state index is 2.43. The predicted molar refractivity (Wildman–Crippen MR) is 75.9 cm³/mol. The monoisotopic (exact) mass is 228 g/mol. The van der Waals surface area contributed by atoms with Gasteiger partial charge in [0.15, 0.2) is 0 Å². The summed E-state index contributed by atoms with van der Waals surface area (Å²) in [7, 11) is 0. The van der Waals surface area contributed by atoms with Crippen molar-refractivity contribution in [1.82, 2.24) is 0 Å². The van der Waals surface area contributed by atoms with Gasteiger partial charge in [0.2, 0.25) is 0 Å². The van der Waals surface area contributed by atoms with Crippen LogP contribution in [0.25, 0.3) is 0 Å². The van der Waals surface area contributed by atoms with Crippen LogP contribution in [0.1, 0.15) is 53.4 Å². The van der Waals surface area contributed by atoms with E-state index in [9.17, 15) is 0 Å². The lowest BCUT2D eigenvalue weighted by atomic mass is 9.76. The van der Waals surface area contributed by atoms with Gasteiger partial charge in [0, 0.05) is 5.41 Å². The summed E-state index contributed by atoms with van der Waals surface area (Å²) in [6.45, 7) is 9.03. The molecule has 0 amide bonds. The smallest absolute Gasteiger partial charge is 0.0111 e. The van der Waals surface area contributed by atoms with Gasteiger partial charge in [-0.2, -0.15) is 0 Å². The molecule has 0 aromatic rings. The largest absolute Gasteiger partial charge is 0.0764 e. The van der Waals surface area contributed by atoms with Gasteiger partial charge in [-0.25, -0.2) is 0 Å². The Labute approximate surface area is 106 Å². The molecule has 0 aliphatic heterocycles. The van der Waals surface area contributed by atoms with E-state index in [2.05, 4.69) is 52.0 Å². The van der Waals surface area contributed by atoms with Crippen molar-refractivity contribution >= 4 is 0 Å². The van der Waals surface area contributed by atoms with Gasteiger partial charge in [0.05, 0.1) is 0 Å². The highest BCUT2D eigenvalue weighted by atomic mass is 14.4. The van der Waals surface area contributed by atoms with Gasteiger partial charge in [0.1, 0.15) is 0 Å². The Morgan fingerprint density at radius 3 is 2.53 bits per heavy atom. The maximum absolute atomic E-state index is 2.43. The molecule has 0 bridgehead atoms. The lowest BCUT2D eigenvalue weighted by Crippen LogP contribution is -2.15. The molecule has 0 heterocycles. The lowest BCUT2D eigenvalue weighted by molar-refractivity contribution is 0.508. The number of rotatable bonds is 2. The molecule has 0 unspecified atom stereocenters. The highest BCUT2D eigenvalue weighted by molar-refractivity contribution is 5.51. The van der Waals surface area contributed by atoms with Crippen LogP contribution in [0.5, 0.6) is 0 Å². The van der Waals surface area contributed by atoms with Crippen LogP contribution >= 0.6 is 0 Å². The fraction of sp³-hybridized carbons (Fsp3) is 0.529. The quantitative estimate of drug-likeness (QED) is 0.559. The van der Waals surface area contributed by atoms with E-state index in [0.29, 0.717) is 0 Å². The van der Waals surface area contributed by atoms with Gasteiger partial charge in [-0.1, -0.05) is 49.3 Å². The molecule has 0 radical (unpaired) electrons. The standard InChI is InChI=1S/C17H24/c1-13(2)8-7-10-15-12-14-9-5-6-11-16(14)17(15,3)4/h7-8,10,12H,5-6,9,11H2,1-4H3. The second-order valence-corrected chi connectivity index (χ2v) is 6.04. The normalized spacial score (nSPS) is 22.7. The highest BCUT2D eigenvalue weighted by Crippen LogP contribution is 2.48. The molecule has 2 rings (SSSR count).